The molecule has 0 spiro atoms. The minimum absolute atomic E-state index is 0.286. The largest absolute Gasteiger partial charge is 0.511 e. The van der Waals surface area contributed by atoms with Crippen LogP contribution in [0.4, 0.5) is 13.2 Å². The number of aromatic nitrogens is 1. The molecule has 23 heavy (non-hydrogen) atoms. The molecular weight excluding hydrogens is 337 g/mol. The Morgan fingerprint density at radius 3 is 2.61 bits per heavy atom. The van der Waals surface area contributed by atoms with Crippen molar-refractivity contribution in [2.75, 3.05) is 7.11 Å². The Morgan fingerprint density at radius 1 is 1.35 bits per heavy atom. The van der Waals surface area contributed by atoms with Crippen molar-refractivity contribution in [1.29, 1.82) is 0 Å². The number of alkyl halides is 3. The summed E-state index contributed by atoms with van der Waals surface area (Å²) in [5.41, 5.74) is -4.31. The van der Waals surface area contributed by atoms with Crippen molar-refractivity contribution in [3.8, 4) is 0 Å². The van der Waals surface area contributed by atoms with Crippen molar-refractivity contribution >= 4 is 26.9 Å². The Balaban J connectivity index is 2.32. The maximum atomic E-state index is 12.5. The standard InChI is InChI=1S/C13H13F3N2O4S/c1-22-12(19)11(18-23(20,21)13(14,15)16)6-8-7-17-10-5-3-2-4-9(8)10/h2-5,7,11,17-18H,6H2,1H3. The van der Waals surface area contributed by atoms with Crippen LogP contribution in [-0.4, -0.2) is 38.0 Å². The number of para-hydroxylation sites is 1. The summed E-state index contributed by atoms with van der Waals surface area (Å²) >= 11 is 0. The first-order valence-corrected chi connectivity index (χ1v) is 7.85. The second-order valence-corrected chi connectivity index (χ2v) is 6.41. The summed E-state index contributed by atoms with van der Waals surface area (Å²) in [6.07, 6.45) is 1.22. The Kier molecular flexibility index (Phi) is 4.66. The maximum absolute atomic E-state index is 12.5. The van der Waals surface area contributed by atoms with Crippen LogP contribution in [0.25, 0.3) is 10.9 Å². The number of hydrogen-bond donors (Lipinski definition) is 2. The van der Waals surface area contributed by atoms with E-state index in [2.05, 4.69) is 9.72 Å². The monoisotopic (exact) mass is 350 g/mol. The maximum Gasteiger partial charge on any atom is 0.511 e. The van der Waals surface area contributed by atoms with Crippen molar-refractivity contribution in [3.05, 3.63) is 36.0 Å². The van der Waals surface area contributed by atoms with Crippen molar-refractivity contribution < 1.29 is 31.1 Å². The smallest absolute Gasteiger partial charge is 0.468 e. The van der Waals surface area contributed by atoms with Crippen LogP contribution in [0, 0.1) is 0 Å². The first kappa shape index (κ1) is 17.3. The normalized spacial score (nSPS) is 13.9. The van der Waals surface area contributed by atoms with Crippen LogP contribution in [0.15, 0.2) is 30.5 Å². The van der Waals surface area contributed by atoms with Gasteiger partial charge in [-0.2, -0.15) is 17.9 Å². The van der Waals surface area contributed by atoms with Gasteiger partial charge in [-0.3, -0.25) is 4.79 Å². The third-order valence-electron chi connectivity index (χ3n) is 3.19. The van der Waals surface area contributed by atoms with Gasteiger partial charge in [-0.1, -0.05) is 18.2 Å². The number of sulfonamides is 1. The molecule has 2 rings (SSSR count). The van der Waals surface area contributed by atoms with Crippen molar-refractivity contribution in [2.24, 2.45) is 0 Å². The summed E-state index contributed by atoms with van der Waals surface area (Å²) < 4.78 is 65.6. The predicted octanol–water partition coefficient (Wildman–Crippen LogP) is 1.69. The SMILES string of the molecule is COC(=O)C(Cc1c[nH]c2ccccc12)NS(=O)(=O)C(F)(F)F. The second-order valence-electron chi connectivity index (χ2n) is 4.71. The van der Waals surface area contributed by atoms with Gasteiger partial charge in [-0.25, -0.2) is 8.42 Å². The number of ether oxygens (including phenoxy) is 1. The topological polar surface area (TPSA) is 88.3 Å². The van der Waals surface area contributed by atoms with E-state index < -0.39 is 27.5 Å². The van der Waals surface area contributed by atoms with E-state index in [0.29, 0.717) is 16.5 Å². The molecule has 0 bridgehead atoms. The van der Waals surface area contributed by atoms with Gasteiger partial charge in [0.15, 0.2) is 0 Å². The highest BCUT2D eigenvalue weighted by atomic mass is 32.2. The molecule has 2 aromatic rings. The highest BCUT2D eigenvalue weighted by Gasteiger charge is 2.47. The van der Waals surface area contributed by atoms with Gasteiger partial charge < -0.3 is 9.72 Å². The van der Waals surface area contributed by atoms with Gasteiger partial charge >= 0.3 is 21.5 Å². The average molecular weight is 350 g/mol. The van der Waals surface area contributed by atoms with E-state index in [9.17, 15) is 26.4 Å². The Morgan fingerprint density at radius 2 is 2.00 bits per heavy atom. The highest BCUT2D eigenvalue weighted by molar-refractivity contribution is 7.90. The fraction of sp³-hybridized carbons (Fsp3) is 0.308. The van der Waals surface area contributed by atoms with Crippen LogP contribution in [0.5, 0.6) is 0 Å². The van der Waals surface area contributed by atoms with Crippen LogP contribution in [0.3, 0.4) is 0 Å². The van der Waals surface area contributed by atoms with Gasteiger partial charge in [0.1, 0.15) is 6.04 Å². The van der Waals surface area contributed by atoms with E-state index in [4.69, 9.17) is 0 Å². The second kappa shape index (κ2) is 6.20. The first-order valence-electron chi connectivity index (χ1n) is 6.37. The van der Waals surface area contributed by atoms with Crippen molar-refractivity contribution in [2.45, 2.75) is 18.0 Å². The first-order chi connectivity index (χ1) is 10.7. The fourth-order valence-corrected chi connectivity index (χ4v) is 2.78. The van der Waals surface area contributed by atoms with E-state index >= 15 is 0 Å². The molecule has 1 aromatic heterocycles. The van der Waals surface area contributed by atoms with Gasteiger partial charge in [-0.15, -0.1) is 0 Å². The molecule has 0 saturated carbocycles. The number of carbonyl (C=O) groups is 1. The molecule has 6 nitrogen and oxygen atoms in total. The molecule has 0 aliphatic heterocycles. The number of hydrogen-bond acceptors (Lipinski definition) is 4. The van der Waals surface area contributed by atoms with Gasteiger partial charge in [0.25, 0.3) is 0 Å². The molecule has 1 heterocycles. The molecule has 1 aromatic carbocycles. The fourth-order valence-electron chi connectivity index (χ4n) is 2.09. The number of halogens is 3. The lowest BCUT2D eigenvalue weighted by Crippen LogP contribution is -2.47. The summed E-state index contributed by atoms with van der Waals surface area (Å²) in [6, 6.07) is 5.23. The number of fused-ring (bicyclic) bond motifs is 1. The summed E-state index contributed by atoms with van der Waals surface area (Å²) in [5, 5.41) is 0.674. The predicted molar refractivity (Wildman–Crippen MR) is 75.9 cm³/mol. The van der Waals surface area contributed by atoms with E-state index in [0.717, 1.165) is 7.11 Å². The zero-order chi connectivity index (χ0) is 17.3. The molecule has 0 aliphatic rings. The molecule has 0 saturated heterocycles. The van der Waals surface area contributed by atoms with Crippen LogP contribution >= 0.6 is 0 Å². The summed E-state index contributed by atoms with van der Waals surface area (Å²) in [4.78, 5) is 14.5. The molecular formula is C13H13F3N2O4S. The van der Waals surface area contributed by atoms with Crippen LogP contribution in [0.1, 0.15) is 5.56 Å². The number of rotatable bonds is 5. The third-order valence-corrected chi connectivity index (χ3v) is 4.39. The number of methoxy groups -OCH3 is 1. The number of carbonyl (C=O) groups excluding carboxylic acids is 1. The van der Waals surface area contributed by atoms with Gasteiger partial charge in [-0.05, 0) is 11.6 Å². The molecule has 0 radical (unpaired) electrons. The zero-order valence-corrected chi connectivity index (χ0v) is 12.7. The summed E-state index contributed by atoms with van der Waals surface area (Å²) in [7, 11) is -4.70. The highest BCUT2D eigenvalue weighted by Crippen LogP contribution is 2.24. The van der Waals surface area contributed by atoms with Crippen molar-refractivity contribution in [1.82, 2.24) is 9.71 Å². The van der Waals surface area contributed by atoms with Crippen molar-refractivity contribution in [3.63, 3.8) is 0 Å². The Bertz CT molecular complexity index is 814. The minimum Gasteiger partial charge on any atom is -0.468 e. The Hall–Kier alpha value is -2.07. The summed E-state index contributed by atoms with van der Waals surface area (Å²) in [6.45, 7) is 0. The lowest BCUT2D eigenvalue weighted by Gasteiger charge is -2.17. The van der Waals surface area contributed by atoms with E-state index in [-0.39, 0.29) is 6.42 Å². The number of benzene rings is 1. The van der Waals surface area contributed by atoms with E-state index in [1.54, 1.807) is 24.3 Å². The molecule has 0 aliphatic carbocycles. The lowest BCUT2D eigenvalue weighted by atomic mass is 10.1. The van der Waals surface area contributed by atoms with Gasteiger partial charge in [0.2, 0.25) is 0 Å². The number of nitrogens with one attached hydrogen (secondary N) is 2. The minimum atomic E-state index is -5.67. The number of H-pyrrole nitrogens is 1. The molecule has 126 valence electrons. The molecule has 2 N–H and O–H groups in total. The zero-order valence-electron chi connectivity index (χ0n) is 11.8. The molecule has 10 heteroatoms. The number of aromatic amines is 1. The number of esters is 1. The summed E-state index contributed by atoms with van der Waals surface area (Å²) in [5.74, 6) is -1.11. The van der Waals surface area contributed by atoms with Gasteiger partial charge in [0.05, 0.1) is 7.11 Å². The van der Waals surface area contributed by atoms with Crippen LogP contribution in [-0.2, 0) is 26.0 Å². The molecule has 1 atom stereocenters. The molecule has 0 amide bonds. The average Bonchev–Trinajstić information content (AvgIpc) is 2.88. The van der Waals surface area contributed by atoms with Crippen LogP contribution < -0.4 is 4.72 Å². The lowest BCUT2D eigenvalue weighted by molar-refractivity contribution is -0.142. The quantitative estimate of drug-likeness (QED) is 0.804. The van der Waals surface area contributed by atoms with E-state index in [1.807, 2.05) is 0 Å². The van der Waals surface area contributed by atoms with Gasteiger partial charge in [0, 0.05) is 23.5 Å². The van der Waals surface area contributed by atoms with E-state index in [1.165, 1.54) is 10.9 Å². The van der Waals surface area contributed by atoms with Crippen LogP contribution in [0.2, 0.25) is 0 Å². The molecule has 0 fully saturated rings. The Labute approximate surface area is 129 Å². The molecule has 1 unspecified atom stereocenters. The third kappa shape index (κ3) is 3.64.